The van der Waals surface area contributed by atoms with Gasteiger partial charge in [-0.1, -0.05) is 0 Å². The molecule has 1 saturated carbocycles. The van der Waals surface area contributed by atoms with Gasteiger partial charge in [0.25, 0.3) is 5.91 Å². The zero-order chi connectivity index (χ0) is 13.7. The fourth-order valence-electron chi connectivity index (χ4n) is 1.43. The van der Waals surface area contributed by atoms with Crippen LogP contribution in [-0.2, 0) is 4.79 Å². The van der Waals surface area contributed by atoms with Crippen LogP contribution in [0.15, 0.2) is 12.4 Å². The number of rotatable bonds is 6. The summed E-state index contributed by atoms with van der Waals surface area (Å²) in [4.78, 5) is 30.8. The quantitative estimate of drug-likeness (QED) is 0.392. The lowest BCUT2D eigenvalue weighted by Gasteiger charge is -2.05. The predicted molar refractivity (Wildman–Crippen MR) is 68.0 cm³/mol. The third-order valence-electron chi connectivity index (χ3n) is 2.61. The highest BCUT2D eigenvalue weighted by Gasteiger charge is 2.22. The molecule has 1 aromatic rings. The number of nitrogens with two attached hydrogens (primary N) is 1. The molecule has 0 saturated heterocycles. The number of hydrazine groups is 1. The minimum absolute atomic E-state index is 0.0448. The van der Waals surface area contributed by atoms with E-state index in [4.69, 9.17) is 5.84 Å². The van der Waals surface area contributed by atoms with Crippen LogP contribution >= 0.6 is 0 Å². The van der Waals surface area contributed by atoms with Crippen molar-refractivity contribution < 1.29 is 9.59 Å². The lowest BCUT2D eigenvalue weighted by atomic mass is 10.3. The molecule has 0 radical (unpaired) electrons. The van der Waals surface area contributed by atoms with Gasteiger partial charge in [-0.3, -0.25) is 9.59 Å². The van der Waals surface area contributed by atoms with E-state index in [9.17, 15) is 9.59 Å². The minimum Gasteiger partial charge on any atom is -0.353 e. The van der Waals surface area contributed by atoms with Crippen molar-refractivity contribution in [2.75, 3.05) is 12.0 Å². The first-order valence-electron chi connectivity index (χ1n) is 6.05. The van der Waals surface area contributed by atoms with Gasteiger partial charge in [0.2, 0.25) is 5.91 Å². The predicted octanol–water partition coefficient (Wildman–Crippen LogP) is -0.839. The summed E-state index contributed by atoms with van der Waals surface area (Å²) in [6, 6.07) is 0.338. The topological polar surface area (TPSA) is 122 Å². The van der Waals surface area contributed by atoms with E-state index in [2.05, 4.69) is 26.0 Å². The van der Waals surface area contributed by atoms with Gasteiger partial charge in [0.05, 0.1) is 12.4 Å². The van der Waals surface area contributed by atoms with Crippen LogP contribution in [0.3, 0.4) is 0 Å². The number of nitrogen functional groups attached to an aromatic ring is 1. The first-order valence-corrected chi connectivity index (χ1v) is 6.05. The Balaban J connectivity index is 1.71. The maximum absolute atomic E-state index is 11.7. The fourth-order valence-corrected chi connectivity index (χ4v) is 1.43. The Morgan fingerprint density at radius 1 is 1.32 bits per heavy atom. The van der Waals surface area contributed by atoms with Crippen molar-refractivity contribution in [2.24, 2.45) is 5.84 Å². The van der Waals surface area contributed by atoms with E-state index in [0.717, 1.165) is 12.8 Å². The molecule has 0 aliphatic heterocycles. The van der Waals surface area contributed by atoms with E-state index in [1.165, 1.54) is 12.4 Å². The molecular weight excluding hydrogens is 248 g/mol. The second kappa shape index (κ2) is 6.10. The van der Waals surface area contributed by atoms with Gasteiger partial charge in [-0.15, -0.1) is 0 Å². The molecule has 19 heavy (non-hydrogen) atoms. The second-order valence-electron chi connectivity index (χ2n) is 4.28. The molecular formula is C11H16N6O2. The monoisotopic (exact) mass is 264 g/mol. The molecule has 1 aliphatic rings. The van der Waals surface area contributed by atoms with Gasteiger partial charge in [-0.25, -0.2) is 15.8 Å². The number of carbonyl (C=O) groups excluding carboxylic acids is 2. The highest BCUT2D eigenvalue weighted by Crippen LogP contribution is 2.18. The third kappa shape index (κ3) is 4.18. The fraction of sp³-hybridized carbons (Fsp3) is 0.455. The number of nitrogens with zero attached hydrogens (tertiary/aromatic N) is 2. The van der Waals surface area contributed by atoms with Gasteiger partial charge in [0.15, 0.2) is 5.82 Å². The Labute approximate surface area is 110 Å². The lowest BCUT2D eigenvalue weighted by molar-refractivity contribution is -0.121. The Bertz CT molecular complexity index is 457. The van der Waals surface area contributed by atoms with Crippen LogP contribution < -0.4 is 21.9 Å². The number of hydrogen-bond donors (Lipinski definition) is 4. The summed E-state index contributed by atoms with van der Waals surface area (Å²) in [6.45, 7) is 0.274. The van der Waals surface area contributed by atoms with E-state index in [0.29, 0.717) is 11.9 Å². The van der Waals surface area contributed by atoms with Gasteiger partial charge in [-0.05, 0) is 12.8 Å². The summed E-state index contributed by atoms with van der Waals surface area (Å²) in [5.41, 5.74) is 2.50. The summed E-state index contributed by atoms with van der Waals surface area (Å²) in [7, 11) is 0. The summed E-state index contributed by atoms with van der Waals surface area (Å²) in [6.07, 6.45) is 5.03. The molecule has 0 aromatic carbocycles. The smallest absolute Gasteiger partial charge is 0.271 e. The summed E-state index contributed by atoms with van der Waals surface area (Å²) < 4.78 is 0. The van der Waals surface area contributed by atoms with Crippen LogP contribution in [0.5, 0.6) is 0 Å². The Morgan fingerprint density at radius 3 is 2.68 bits per heavy atom. The SMILES string of the molecule is NNc1cnc(C(=O)NCCC(=O)NC2CC2)cn1. The lowest BCUT2D eigenvalue weighted by Crippen LogP contribution is -2.32. The second-order valence-corrected chi connectivity index (χ2v) is 4.28. The minimum atomic E-state index is -0.365. The van der Waals surface area contributed by atoms with Gasteiger partial charge in [0.1, 0.15) is 5.69 Å². The molecule has 1 heterocycles. The summed E-state index contributed by atoms with van der Waals surface area (Å²) in [5.74, 6) is 5.10. The first-order chi connectivity index (χ1) is 9.19. The van der Waals surface area contributed by atoms with Crippen molar-refractivity contribution in [3.05, 3.63) is 18.1 Å². The van der Waals surface area contributed by atoms with Crippen molar-refractivity contribution >= 4 is 17.6 Å². The third-order valence-corrected chi connectivity index (χ3v) is 2.61. The van der Waals surface area contributed by atoms with Gasteiger partial charge in [-0.2, -0.15) is 0 Å². The van der Waals surface area contributed by atoms with Crippen molar-refractivity contribution in [2.45, 2.75) is 25.3 Å². The van der Waals surface area contributed by atoms with E-state index in [1.54, 1.807) is 0 Å². The number of carbonyl (C=O) groups is 2. The molecule has 1 aliphatic carbocycles. The van der Waals surface area contributed by atoms with Crippen molar-refractivity contribution in [1.29, 1.82) is 0 Å². The molecule has 5 N–H and O–H groups in total. The van der Waals surface area contributed by atoms with Crippen LogP contribution in [-0.4, -0.2) is 34.4 Å². The molecule has 1 aromatic heterocycles. The molecule has 0 spiro atoms. The highest BCUT2D eigenvalue weighted by atomic mass is 16.2. The molecule has 1 fully saturated rings. The van der Waals surface area contributed by atoms with Gasteiger partial charge in [0, 0.05) is 19.0 Å². The van der Waals surface area contributed by atoms with Crippen molar-refractivity contribution in [1.82, 2.24) is 20.6 Å². The summed E-state index contributed by atoms with van der Waals surface area (Å²) in [5, 5.41) is 5.45. The normalized spacial score (nSPS) is 13.7. The number of nitrogens with one attached hydrogen (secondary N) is 3. The Kier molecular flexibility index (Phi) is 4.24. The molecule has 8 heteroatoms. The van der Waals surface area contributed by atoms with Gasteiger partial charge < -0.3 is 16.1 Å². The highest BCUT2D eigenvalue weighted by molar-refractivity contribution is 5.92. The molecule has 8 nitrogen and oxygen atoms in total. The van der Waals surface area contributed by atoms with Crippen LogP contribution in [0.2, 0.25) is 0 Å². The van der Waals surface area contributed by atoms with E-state index >= 15 is 0 Å². The zero-order valence-electron chi connectivity index (χ0n) is 10.3. The Morgan fingerprint density at radius 2 is 2.11 bits per heavy atom. The molecule has 0 bridgehead atoms. The van der Waals surface area contributed by atoms with Crippen molar-refractivity contribution in [3.63, 3.8) is 0 Å². The van der Waals surface area contributed by atoms with Crippen LogP contribution in [0.1, 0.15) is 29.8 Å². The van der Waals surface area contributed by atoms with Crippen molar-refractivity contribution in [3.8, 4) is 0 Å². The van der Waals surface area contributed by atoms with Crippen LogP contribution in [0.25, 0.3) is 0 Å². The summed E-state index contributed by atoms with van der Waals surface area (Å²) >= 11 is 0. The molecule has 2 rings (SSSR count). The maximum atomic E-state index is 11.7. The number of anilines is 1. The van der Waals surface area contributed by atoms with Gasteiger partial charge >= 0.3 is 0 Å². The van der Waals surface area contributed by atoms with E-state index in [1.807, 2.05) is 0 Å². The molecule has 2 amide bonds. The molecule has 102 valence electrons. The standard InChI is InChI=1S/C11H16N6O2/c12-17-9-6-14-8(5-15-9)11(19)13-4-3-10(18)16-7-1-2-7/h5-7H,1-4,12H2,(H,13,19)(H,15,17)(H,16,18). The van der Waals surface area contributed by atoms with Crippen LogP contribution in [0.4, 0.5) is 5.82 Å². The average molecular weight is 264 g/mol. The first kappa shape index (κ1) is 13.2. The Hall–Kier alpha value is -2.22. The number of amides is 2. The van der Waals surface area contributed by atoms with E-state index < -0.39 is 0 Å². The molecule has 0 unspecified atom stereocenters. The maximum Gasteiger partial charge on any atom is 0.271 e. The zero-order valence-corrected chi connectivity index (χ0v) is 10.3. The van der Waals surface area contributed by atoms with E-state index in [-0.39, 0.29) is 30.5 Å². The van der Waals surface area contributed by atoms with Crippen LogP contribution in [0, 0.1) is 0 Å². The average Bonchev–Trinajstić information content (AvgIpc) is 3.22. The molecule has 0 atom stereocenters. The number of aromatic nitrogens is 2. The number of hydrogen-bond acceptors (Lipinski definition) is 6. The largest absolute Gasteiger partial charge is 0.353 e.